The molecule has 0 aromatic rings. The van der Waals surface area contributed by atoms with E-state index in [0.29, 0.717) is 32.5 Å². The first-order valence-electron chi connectivity index (χ1n) is 6.72. The van der Waals surface area contributed by atoms with E-state index in [0.717, 1.165) is 6.42 Å². The monoisotopic (exact) mass is 256 g/mol. The van der Waals surface area contributed by atoms with Crippen LogP contribution in [0.25, 0.3) is 0 Å². The Bertz CT molecular complexity index is 319. The Labute approximate surface area is 109 Å². The van der Waals surface area contributed by atoms with Crippen LogP contribution in [0.3, 0.4) is 0 Å². The molecule has 1 amide bonds. The molecule has 0 radical (unpaired) electrons. The summed E-state index contributed by atoms with van der Waals surface area (Å²) < 4.78 is 0. The molecule has 1 heterocycles. The number of hydrogen-bond donors (Lipinski definition) is 2. The second kappa shape index (κ2) is 6.18. The molecular weight excluding hydrogens is 232 g/mol. The van der Waals surface area contributed by atoms with Gasteiger partial charge in [0.05, 0.1) is 11.5 Å². The number of carbonyl (C=O) groups excluding carboxylic acids is 1. The van der Waals surface area contributed by atoms with Crippen LogP contribution < -0.4 is 5.32 Å². The number of nitrogens with one attached hydrogen (secondary N) is 1. The van der Waals surface area contributed by atoms with Crippen LogP contribution in [0.1, 0.15) is 40.0 Å². The first-order chi connectivity index (χ1) is 8.46. The Morgan fingerprint density at radius 1 is 1.44 bits per heavy atom. The summed E-state index contributed by atoms with van der Waals surface area (Å²) in [4.78, 5) is 25.2. The van der Waals surface area contributed by atoms with Crippen molar-refractivity contribution in [2.75, 3.05) is 19.6 Å². The van der Waals surface area contributed by atoms with Crippen LogP contribution in [0.15, 0.2) is 0 Å². The van der Waals surface area contributed by atoms with Crippen molar-refractivity contribution in [3.8, 4) is 0 Å². The van der Waals surface area contributed by atoms with E-state index in [9.17, 15) is 14.7 Å². The number of likely N-dealkylation sites (N-methyl/N-ethyl adjacent to an activating group) is 1. The molecule has 0 aromatic carbocycles. The summed E-state index contributed by atoms with van der Waals surface area (Å²) in [5.74, 6) is -0.745. The average molecular weight is 256 g/mol. The number of carboxylic acids is 1. The predicted octanol–water partition coefficient (Wildman–Crippen LogP) is 1.09. The summed E-state index contributed by atoms with van der Waals surface area (Å²) in [6.07, 6.45) is 2.18. The Kier molecular flexibility index (Phi) is 5.14. The van der Waals surface area contributed by atoms with Gasteiger partial charge in [-0.05, 0) is 26.7 Å². The van der Waals surface area contributed by atoms with Gasteiger partial charge in [0.25, 0.3) is 0 Å². The molecule has 2 atom stereocenters. The summed E-state index contributed by atoms with van der Waals surface area (Å²) in [5, 5.41) is 12.2. The zero-order valence-electron chi connectivity index (χ0n) is 11.5. The van der Waals surface area contributed by atoms with Gasteiger partial charge in [-0.2, -0.15) is 0 Å². The summed E-state index contributed by atoms with van der Waals surface area (Å²) in [5.41, 5.74) is -0.657. The first kappa shape index (κ1) is 15.0. The highest BCUT2D eigenvalue weighted by molar-refractivity contribution is 5.81. The molecule has 5 heteroatoms. The van der Waals surface area contributed by atoms with Crippen LogP contribution >= 0.6 is 0 Å². The van der Waals surface area contributed by atoms with Crippen molar-refractivity contribution in [3.63, 3.8) is 0 Å². The Morgan fingerprint density at radius 3 is 2.61 bits per heavy atom. The van der Waals surface area contributed by atoms with Gasteiger partial charge in [0.2, 0.25) is 5.91 Å². The number of nitrogens with zero attached hydrogens (tertiary/aromatic N) is 1. The highest BCUT2D eigenvalue weighted by atomic mass is 16.4. The standard InChI is InChI=1S/C13H24N2O3/c1-4-6-13(12(17)18)7-8-15(9-13)10(3)11(16)14-5-2/h10H,4-9H2,1-3H3,(H,14,16)(H,17,18). The molecule has 2 unspecified atom stereocenters. The topological polar surface area (TPSA) is 69.6 Å². The van der Waals surface area contributed by atoms with Gasteiger partial charge in [-0.15, -0.1) is 0 Å². The van der Waals surface area contributed by atoms with Gasteiger partial charge in [-0.25, -0.2) is 0 Å². The third-order valence-electron chi connectivity index (χ3n) is 3.84. The lowest BCUT2D eigenvalue weighted by molar-refractivity contribution is -0.149. The predicted molar refractivity (Wildman–Crippen MR) is 69.3 cm³/mol. The van der Waals surface area contributed by atoms with E-state index in [1.807, 2.05) is 25.7 Å². The van der Waals surface area contributed by atoms with Gasteiger partial charge in [-0.3, -0.25) is 14.5 Å². The van der Waals surface area contributed by atoms with Crippen LogP contribution in [0.4, 0.5) is 0 Å². The molecule has 0 bridgehead atoms. The molecule has 0 saturated carbocycles. The lowest BCUT2D eigenvalue weighted by atomic mass is 9.83. The number of carboxylic acid groups (broad SMARTS) is 1. The van der Waals surface area contributed by atoms with Gasteiger partial charge in [-0.1, -0.05) is 13.3 Å². The van der Waals surface area contributed by atoms with Crippen molar-refractivity contribution in [3.05, 3.63) is 0 Å². The Balaban J connectivity index is 2.68. The quantitative estimate of drug-likeness (QED) is 0.746. The molecule has 1 saturated heterocycles. The number of rotatable bonds is 6. The van der Waals surface area contributed by atoms with Gasteiger partial charge in [0.15, 0.2) is 0 Å². The van der Waals surface area contributed by atoms with Gasteiger partial charge < -0.3 is 10.4 Å². The zero-order chi connectivity index (χ0) is 13.8. The molecular formula is C13H24N2O3. The maximum Gasteiger partial charge on any atom is 0.310 e. The number of carbonyl (C=O) groups is 2. The maximum absolute atomic E-state index is 11.8. The molecule has 18 heavy (non-hydrogen) atoms. The zero-order valence-corrected chi connectivity index (χ0v) is 11.5. The average Bonchev–Trinajstić information content (AvgIpc) is 2.74. The van der Waals surface area contributed by atoms with E-state index in [-0.39, 0.29) is 11.9 Å². The van der Waals surface area contributed by atoms with Gasteiger partial charge >= 0.3 is 5.97 Å². The largest absolute Gasteiger partial charge is 0.481 e. The van der Waals surface area contributed by atoms with Crippen molar-refractivity contribution in [2.24, 2.45) is 5.41 Å². The normalized spacial score (nSPS) is 25.9. The molecule has 1 rings (SSSR count). The van der Waals surface area contributed by atoms with Crippen LogP contribution in [0.5, 0.6) is 0 Å². The van der Waals surface area contributed by atoms with E-state index in [4.69, 9.17) is 0 Å². The number of aliphatic carboxylic acids is 1. The van der Waals surface area contributed by atoms with Crippen molar-refractivity contribution in [2.45, 2.75) is 46.1 Å². The molecule has 2 N–H and O–H groups in total. The van der Waals surface area contributed by atoms with Crippen molar-refractivity contribution >= 4 is 11.9 Å². The second-order valence-electron chi connectivity index (χ2n) is 5.13. The Hall–Kier alpha value is -1.10. The smallest absolute Gasteiger partial charge is 0.310 e. The van der Waals surface area contributed by atoms with Crippen LogP contribution in [0.2, 0.25) is 0 Å². The number of amides is 1. The first-order valence-corrected chi connectivity index (χ1v) is 6.72. The molecule has 1 aliphatic heterocycles. The minimum Gasteiger partial charge on any atom is -0.481 e. The molecule has 0 spiro atoms. The van der Waals surface area contributed by atoms with Crippen LogP contribution in [-0.4, -0.2) is 47.6 Å². The number of likely N-dealkylation sites (tertiary alicyclic amines) is 1. The van der Waals surface area contributed by atoms with Gasteiger partial charge in [0.1, 0.15) is 0 Å². The molecule has 104 valence electrons. The third kappa shape index (κ3) is 3.02. The summed E-state index contributed by atoms with van der Waals surface area (Å²) in [6.45, 7) is 7.50. The van der Waals surface area contributed by atoms with Crippen molar-refractivity contribution < 1.29 is 14.7 Å². The fourth-order valence-corrected chi connectivity index (χ4v) is 2.69. The van der Waals surface area contributed by atoms with Crippen molar-refractivity contribution in [1.29, 1.82) is 0 Å². The molecule has 5 nitrogen and oxygen atoms in total. The molecule has 1 aliphatic rings. The summed E-state index contributed by atoms with van der Waals surface area (Å²) in [7, 11) is 0. The number of hydrogen-bond acceptors (Lipinski definition) is 3. The van der Waals surface area contributed by atoms with Crippen LogP contribution in [-0.2, 0) is 9.59 Å². The molecule has 0 aromatic heterocycles. The maximum atomic E-state index is 11.8. The summed E-state index contributed by atoms with van der Waals surface area (Å²) >= 11 is 0. The molecule has 0 aliphatic carbocycles. The molecule has 1 fully saturated rings. The minimum atomic E-state index is -0.727. The van der Waals surface area contributed by atoms with E-state index >= 15 is 0 Å². The third-order valence-corrected chi connectivity index (χ3v) is 3.84. The fraction of sp³-hybridized carbons (Fsp3) is 0.846. The summed E-state index contributed by atoms with van der Waals surface area (Å²) in [6, 6.07) is -0.247. The van der Waals surface area contributed by atoms with Gasteiger partial charge in [0, 0.05) is 19.6 Å². The SMILES string of the molecule is CCCC1(C(=O)O)CCN(C(C)C(=O)NCC)C1. The van der Waals surface area contributed by atoms with E-state index < -0.39 is 11.4 Å². The van der Waals surface area contributed by atoms with Crippen molar-refractivity contribution in [1.82, 2.24) is 10.2 Å². The Morgan fingerprint density at radius 2 is 2.11 bits per heavy atom. The van der Waals surface area contributed by atoms with E-state index in [1.165, 1.54) is 0 Å². The highest BCUT2D eigenvalue weighted by Crippen LogP contribution is 2.36. The second-order valence-corrected chi connectivity index (χ2v) is 5.13. The van der Waals surface area contributed by atoms with E-state index in [2.05, 4.69) is 5.32 Å². The van der Waals surface area contributed by atoms with Crippen LogP contribution in [0, 0.1) is 5.41 Å². The lowest BCUT2D eigenvalue weighted by Crippen LogP contribution is -2.45. The highest BCUT2D eigenvalue weighted by Gasteiger charge is 2.45. The fourth-order valence-electron chi connectivity index (χ4n) is 2.69. The van der Waals surface area contributed by atoms with E-state index in [1.54, 1.807) is 0 Å². The lowest BCUT2D eigenvalue weighted by Gasteiger charge is -2.27. The minimum absolute atomic E-state index is 0.0183.